The normalized spacial score (nSPS) is 19.5. The summed E-state index contributed by atoms with van der Waals surface area (Å²) in [6.45, 7) is 0.520. The van der Waals surface area contributed by atoms with Crippen LogP contribution in [0.3, 0.4) is 0 Å². The molecule has 3 rings (SSSR count). The number of rotatable bonds is 6. The van der Waals surface area contributed by atoms with E-state index in [4.69, 9.17) is 18.9 Å². The molecule has 1 fully saturated rings. The fourth-order valence-corrected chi connectivity index (χ4v) is 2.53. The van der Waals surface area contributed by atoms with Crippen LogP contribution in [0.1, 0.15) is 11.1 Å². The molecule has 0 bridgehead atoms. The summed E-state index contributed by atoms with van der Waals surface area (Å²) >= 11 is 0. The average Bonchev–Trinajstić information content (AvgIpc) is 2.65. The molecule has 6 nitrogen and oxygen atoms in total. The van der Waals surface area contributed by atoms with Gasteiger partial charge in [0.25, 0.3) is 12.6 Å². The first kappa shape index (κ1) is 18.1. The van der Waals surface area contributed by atoms with Crippen molar-refractivity contribution in [1.82, 2.24) is 0 Å². The summed E-state index contributed by atoms with van der Waals surface area (Å²) in [6.07, 6.45) is -1.93. The summed E-state index contributed by atoms with van der Waals surface area (Å²) in [6, 6.07) is 18.4. The van der Waals surface area contributed by atoms with Gasteiger partial charge in [0.1, 0.15) is 0 Å². The van der Waals surface area contributed by atoms with Crippen LogP contribution in [0, 0.1) is 0 Å². The zero-order chi connectivity index (χ0) is 18.2. The smallest absolute Gasteiger partial charge is 0.312 e. The van der Waals surface area contributed by atoms with E-state index in [1.54, 1.807) is 0 Å². The molecule has 0 saturated carbocycles. The highest BCUT2D eigenvalue weighted by Crippen LogP contribution is 2.16. The van der Waals surface area contributed by atoms with Crippen LogP contribution in [-0.4, -0.2) is 37.7 Å². The molecule has 2 aromatic carbocycles. The van der Waals surface area contributed by atoms with Crippen LogP contribution in [0.25, 0.3) is 0 Å². The number of benzene rings is 2. The lowest BCUT2D eigenvalue weighted by atomic mass is 10.1. The van der Waals surface area contributed by atoms with Gasteiger partial charge in [-0.15, -0.1) is 0 Å². The fourth-order valence-electron chi connectivity index (χ4n) is 2.53. The predicted molar refractivity (Wildman–Crippen MR) is 92.0 cm³/mol. The molecule has 1 saturated heterocycles. The second-order valence-electron chi connectivity index (χ2n) is 5.78. The monoisotopic (exact) mass is 356 g/mol. The van der Waals surface area contributed by atoms with E-state index in [1.165, 1.54) is 0 Å². The molecule has 1 heterocycles. The van der Waals surface area contributed by atoms with E-state index >= 15 is 0 Å². The molecule has 0 unspecified atom stereocenters. The van der Waals surface area contributed by atoms with Gasteiger partial charge in [0.15, 0.2) is 0 Å². The highest BCUT2D eigenvalue weighted by Gasteiger charge is 2.33. The van der Waals surface area contributed by atoms with E-state index in [0.29, 0.717) is 0 Å². The van der Waals surface area contributed by atoms with Crippen molar-refractivity contribution in [3.05, 3.63) is 71.8 Å². The van der Waals surface area contributed by atoms with Crippen molar-refractivity contribution in [2.45, 2.75) is 25.4 Å². The first-order chi connectivity index (χ1) is 12.7. The van der Waals surface area contributed by atoms with Crippen molar-refractivity contribution in [2.24, 2.45) is 0 Å². The number of hydrogen-bond donors (Lipinski definition) is 0. The van der Waals surface area contributed by atoms with Crippen molar-refractivity contribution in [2.75, 3.05) is 13.2 Å². The largest absolute Gasteiger partial charge is 0.428 e. The maximum absolute atomic E-state index is 12.1. The van der Waals surface area contributed by atoms with E-state index in [-0.39, 0.29) is 26.1 Å². The highest BCUT2D eigenvalue weighted by molar-refractivity contribution is 5.73. The van der Waals surface area contributed by atoms with Gasteiger partial charge in [0.2, 0.25) is 0 Å². The van der Waals surface area contributed by atoms with Gasteiger partial charge in [-0.3, -0.25) is 9.59 Å². The van der Waals surface area contributed by atoms with Crippen molar-refractivity contribution in [1.29, 1.82) is 0 Å². The topological polar surface area (TPSA) is 71.1 Å². The molecular weight excluding hydrogens is 336 g/mol. The van der Waals surface area contributed by atoms with Crippen molar-refractivity contribution < 1.29 is 28.5 Å². The molecule has 1 aliphatic heterocycles. The molecule has 2 atom stereocenters. The zero-order valence-electron chi connectivity index (χ0n) is 14.2. The highest BCUT2D eigenvalue weighted by atomic mass is 16.8. The molecule has 0 aliphatic carbocycles. The van der Waals surface area contributed by atoms with Crippen molar-refractivity contribution in [3.63, 3.8) is 0 Å². The summed E-state index contributed by atoms with van der Waals surface area (Å²) in [4.78, 5) is 24.2. The van der Waals surface area contributed by atoms with E-state index in [0.717, 1.165) is 11.1 Å². The maximum atomic E-state index is 12.1. The van der Waals surface area contributed by atoms with Crippen LogP contribution in [0.15, 0.2) is 60.7 Å². The number of ether oxygens (including phenoxy) is 4. The second kappa shape index (κ2) is 9.12. The summed E-state index contributed by atoms with van der Waals surface area (Å²) in [5.41, 5.74) is 1.65. The minimum atomic E-state index is -1.07. The minimum absolute atomic E-state index is 0.103. The van der Waals surface area contributed by atoms with Gasteiger partial charge in [0, 0.05) is 0 Å². The lowest BCUT2D eigenvalue weighted by molar-refractivity contribution is -0.302. The Labute approximate surface area is 151 Å². The van der Waals surface area contributed by atoms with Crippen LogP contribution < -0.4 is 0 Å². The summed E-state index contributed by atoms with van der Waals surface area (Å²) in [5.74, 6) is -0.952. The quantitative estimate of drug-likeness (QED) is 0.740. The van der Waals surface area contributed by atoms with E-state index in [9.17, 15) is 9.59 Å². The molecule has 2 aromatic rings. The number of hydrogen-bond acceptors (Lipinski definition) is 6. The molecule has 26 heavy (non-hydrogen) atoms. The first-order valence-electron chi connectivity index (χ1n) is 8.41. The average molecular weight is 356 g/mol. The number of esters is 2. The Morgan fingerprint density at radius 2 is 1.12 bits per heavy atom. The van der Waals surface area contributed by atoms with Crippen LogP contribution in [0.5, 0.6) is 0 Å². The standard InChI is InChI=1S/C20H20O6/c21-17(13-15-7-3-1-4-8-15)25-19-20(24-12-11-23-19)26-18(22)14-16-9-5-2-6-10-16/h1-10,19-20H,11-14H2/t19-,20-/m0/s1. The molecule has 0 amide bonds. The molecular formula is C20H20O6. The van der Waals surface area contributed by atoms with Crippen LogP contribution in [0.4, 0.5) is 0 Å². The van der Waals surface area contributed by atoms with Crippen LogP contribution in [-0.2, 0) is 41.4 Å². The molecule has 6 heteroatoms. The molecule has 0 N–H and O–H groups in total. The van der Waals surface area contributed by atoms with Gasteiger partial charge in [-0.05, 0) is 11.1 Å². The molecule has 1 aliphatic rings. The van der Waals surface area contributed by atoms with E-state index < -0.39 is 24.5 Å². The van der Waals surface area contributed by atoms with Crippen LogP contribution in [0.2, 0.25) is 0 Å². The Bertz CT molecular complexity index is 652. The Morgan fingerprint density at radius 3 is 1.50 bits per heavy atom. The summed E-state index contributed by atoms with van der Waals surface area (Å²) < 4.78 is 21.4. The third kappa shape index (κ3) is 5.40. The third-order valence-electron chi connectivity index (χ3n) is 3.75. The lowest BCUT2D eigenvalue weighted by Gasteiger charge is -2.30. The Hall–Kier alpha value is -2.70. The molecule has 0 aromatic heterocycles. The Balaban J connectivity index is 1.53. The fraction of sp³-hybridized carbons (Fsp3) is 0.300. The van der Waals surface area contributed by atoms with E-state index in [2.05, 4.69) is 0 Å². The van der Waals surface area contributed by atoms with Gasteiger partial charge in [-0.2, -0.15) is 0 Å². The van der Waals surface area contributed by atoms with Gasteiger partial charge >= 0.3 is 11.9 Å². The van der Waals surface area contributed by atoms with E-state index in [1.807, 2.05) is 60.7 Å². The molecule has 0 spiro atoms. The third-order valence-corrected chi connectivity index (χ3v) is 3.75. The number of carbonyl (C=O) groups is 2. The van der Waals surface area contributed by atoms with Gasteiger partial charge in [-0.1, -0.05) is 60.7 Å². The SMILES string of the molecule is O=C(Cc1ccccc1)O[C@@H]1OCCO[C@H]1OC(=O)Cc1ccccc1. The summed E-state index contributed by atoms with van der Waals surface area (Å²) in [7, 11) is 0. The second-order valence-corrected chi connectivity index (χ2v) is 5.78. The van der Waals surface area contributed by atoms with Crippen molar-refractivity contribution >= 4 is 11.9 Å². The van der Waals surface area contributed by atoms with Crippen LogP contribution >= 0.6 is 0 Å². The Morgan fingerprint density at radius 1 is 0.731 bits per heavy atom. The predicted octanol–water partition coefficient (Wildman–Crippen LogP) is 2.26. The first-order valence-corrected chi connectivity index (χ1v) is 8.41. The zero-order valence-corrected chi connectivity index (χ0v) is 14.2. The number of carbonyl (C=O) groups excluding carboxylic acids is 2. The maximum Gasteiger partial charge on any atom is 0.312 e. The van der Waals surface area contributed by atoms with Gasteiger partial charge in [-0.25, -0.2) is 0 Å². The van der Waals surface area contributed by atoms with Gasteiger partial charge in [0.05, 0.1) is 26.1 Å². The summed E-state index contributed by atoms with van der Waals surface area (Å²) in [5, 5.41) is 0. The molecule has 136 valence electrons. The van der Waals surface area contributed by atoms with Gasteiger partial charge < -0.3 is 18.9 Å². The minimum Gasteiger partial charge on any atom is -0.428 e. The molecule has 0 radical (unpaired) electrons. The van der Waals surface area contributed by atoms with Crippen molar-refractivity contribution in [3.8, 4) is 0 Å². The Kier molecular flexibility index (Phi) is 6.35. The lowest BCUT2D eigenvalue weighted by Crippen LogP contribution is -2.44.